The van der Waals surface area contributed by atoms with Gasteiger partial charge in [0.1, 0.15) is 12.1 Å². The molecule has 44 heavy (non-hydrogen) atoms. The van der Waals surface area contributed by atoms with Crippen LogP contribution < -0.4 is 15.4 Å². The fourth-order valence-electron chi connectivity index (χ4n) is 4.50. The lowest BCUT2D eigenvalue weighted by Crippen LogP contribution is -2.57. The first kappa shape index (κ1) is 34.2. The molecule has 1 saturated heterocycles. The molecule has 2 aromatic rings. The minimum Gasteiger partial charge on any atom is -0.467 e. The number of esters is 1. The molecule has 1 heterocycles. The van der Waals surface area contributed by atoms with Crippen molar-refractivity contribution >= 4 is 39.8 Å². The second-order valence-electron chi connectivity index (χ2n) is 11.1. The van der Waals surface area contributed by atoms with Crippen molar-refractivity contribution in [3.63, 3.8) is 0 Å². The standard InChI is InChI=1S/C30H38N4O9S/c1-18(2)24(27(37)42-6)32-26(36)23(16-21-10-8-7-9-11-21)34-28(38)30(5,43-29(34)39)17-31-25(35)20(4)33-44(40,41)22-14-12-19(3)13-15-22/h7-15,18,20,23-24,33H,16-17H2,1-6H3,(H,31,35)(H,32,36)/t20-,23-,24-,30+/m0/s1. The molecule has 3 rings (SSSR count). The number of benzene rings is 2. The molecule has 0 unspecified atom stereocenters. The maximum atomic E-state index is 13.7. The van der Waals surface area contributed by atoms with Crippen LogP contribution >= 0.6 is 0 Å². The summed E-state index contributed by atoms with van der Waals surface area (Å²) >= 11 is 0. The van der Waals surface area contributed by atoms with Crippen molar-refractivity contribution in [1.82, 2.24) is 20.3 Å². The summed E-state index contributed by atoms with van der Waals surface area (Å²) in [5.41, 5.74) is -0.416. The lowest BCUT2D eigenvalue weighted by Gasteiger charge is -2.28. The number of sulfonamides is 1. The number of imide groups is 1. The normalized spacial score (nSPS) is 18.8. The zero-order chi connectivity index (χ0) is 32.8. The van der Waals surface area contributed by atoms with E-state index in [-0.39, 0.29) is 17.2 Å². The third-order valence-electron chi connectivity index (χ3n) is 7.14. The van der Waals surface area contributed by atoms with Gasteiger partial charge in [0.05, 0.1) is 24.6 Å². The van der Waals surface area contributed by atoms with Gasteiger partial charge in [-0.25, -0.2) is 22.9 Å². The Morgan fingerprint density at radius 3 is 2.16 bits per heavy atom. The van der Waals surface area contributed by atoms with Gasteiger partial charge in [-0.05, 0) is 44.4 Å². The van der Waals surface area contributed by atoms with E-state index in [1.165, 1.54) is 33.1 Å². The molecule has 0 aromatic heterocycles. The van der Waals surface area contributed by atoms with Crippen LogP contribution in [0.2, 0.25) is 0 Å². The number of hydrogen-bond acceptors (Lipinski definition) is 9. The van der Waals surface area contributed by atoms with E-state index in [1.54, 1.807) is 63.2 Å². The topological polar surface area (TPSA) is 177 Å². The van der Waals surface area contributed by atoms with Crippen LogP contribution in [0.15, 0.2) is 59.5 Å². The minimum atomic E-state index is -4.03. The number of carbonyl (C=O) groups is 5. The number of rotatable bonds is 13. The second-order valence-corrected chi connectivity index (χ2v) is 12.8. The molecule has 13 nitrogen and oxygen atoms in total. The number of cyclic esters (lactones) is 1. The molecule has 0 radical (unpaired) electrons. The highest BCUT2D eigenvalue weighted by Gasteiger charge is 2.54. The molecule has 0 saturated carbocycles. The van der Waals surface area contributed by atoms with E-state index in [9.17, 15) is 32.4 Å². The van der Waals surface area contributed by atoms with Crippen molar-refractivity contribution in [3.8, 4) is 0 Å². The Balaban J connectivity index is 1.77. The number of amides is 4. The van der Waals surface area contributed by atoms with Crippen LogP contribution in [-0.4, -0.2) is 80.5 Å². The van der Waals surface area contributed by atoms with E-state index in [0.717, 1.165) is 5.56 Å². The van der Waals surface area contributed by atoms with Crippen LogP contribution in [0.25, 0.3) is 0 Å². The molecule has 4 atom stereocenters. The van der Waals surface area contributed by atoms with Gasteiger partial charge in [0.2, 0.25) is 27.4 Å². The number of nitrogens with one attached hydrogen (secondary N) is 3. The highest BCUT2D eigenvalue weighted by molar-refractivity contribution is 7.89. The Labute approximate surface area is 256 Å². The summed E-state index contributed by atoms with van der Waals surface area (Å²) in [6, 6.07) is 11.0. The average molecular weight is 631 g/mol. The first-order valence-corrected chi connectivity index (χ1v) is 15.4. The van der Waals surface area contributed by atoms with Gasteiger partial charge in [-0.15, -0.1) is 0 Å². The van der Waals surface area contributed by atoms with Crippen molar-refractivity contribution in [1.29, 1.82) is 0 Å². The summed E-state index contributed by atoms with van der Waals surface area (Å²) in [4.78, 5) is 66.1. The monoisotopic (exact) mass is 630 g/mol. The van der Waals surface area contributed by atoms with E-state index >= 15 is 0 Å². The summed E-state index contributed by atoms with van der Waals surface area (Å²) in [6.07, 6.45) is -1.20. The number of methoxy groups -OCH3 is 1. The predicted molar refractivity (Wildman–Crippen MR) is 158 cm³/mol. The van der Waals surface area contributed by atoms with Crippen LogP contribution in [0.3, 0.4) is 0 Å². The average Bonchev–Trinajstić information content (AvgIpc) is 3.20. The minimum absolute atomic E-state index is 0.0279. The summed E-state index contributed by atoms with van der Waals surface area (Å²) in [7, 11) is -2.84. The maximum absolute atomic E-state index is 13.7. The smallest absolute Gasteiger partial charge is 0.418 e. The Morgan fingerprint density at radius 2 is 1.59 bits per heavy atom. The Kier molecular flexibility index (Phi) is 10.9. The summed E-state index contributed by atoms with van der Waals surface area (Å²) in [5, 5.41) is 5.04. The van der Waals surface area contributed by atoms with Gasteiger partial charge in [0.15, 0.2) is 0 Å². The van der Waals surface area contributed by atoms with E-state index in [1.807, 2.05) is 0 Å². The summed E-state index contributed by atoms with van der Waals surface area (Å²) in [6.45, 7) is 7.30. The fraction of sp³-hybridized carbons (Fsp3) is 0.433. The summed E-state index contributed by atoms with van der Waals surface area (Å²) < 4.78 is 37.9. The van der Waals surface area contributed by atoms with E-state index in [0.29, 0.717) is 10.5 Å². The molecule has 0 spiro atoms. The Bertz CT molecular complexity index is 1500. The van der Waals surface area contributed by atoms with E-state index in [4.69, 9.17) is 9.47 Å². The molecular weight excluding hydrogens is 592 g/mol. The first-order chi connectivity index (χ1) is 20.6. The lowest BCUT2D eigenvalue weighted by molar-refractivity contribution is -0.147. The van der Waals surface area contributed by atoms with Crippen LogP contribution in [0.1, 0.15) is 38.8 Å². The third-order valence-corrected chi connectivity index (χ3v) is 8.70. The zero-order valence-corrected chi connectivity index (χ0v) is 26.3. The number of hydrogen-bond donors (Lipinski definition) is 3. The highest BCUT2D eigenvalue weighted by atomic mass is 32.2. The van der Waals surface area contributed by atoms with E-state index in [2.05, 4.69) is 15.4 Å². The molecule has 2 aromatic carbocycles. The molecular formula is C30H38N4O9S. The lowest BCUT2D eigenvalue weighted by atomic mass is 9.99. The predicted octanol–water partition coefficient (Wildman–Crippen LogP) is 1.44. The molecule has 1 aliphatic rings. The fourth-order valence-corrected chi connectivity index (χ4v) is 5.70. The summed E-state index contributed by atoms with van der Waals surface area (Å²) in [5.74, 6) is -3.51. The van der Waals surface area contributed by atoms with Crippen LogP contribution in [-0.2, 0) is 45.1 Å². The molecule has 1 aliphatic heterocycles. The SMILES string of the molecule is COC(=O)[C@@H](NC(=O)[C@H](Cc1ccccc1)N1C(=O)O[C@](C)(CNC(=O)[C@H](C)NS(=O)(=O)c2ccc(C)cc2)C1=O)C(C)C. The number of carbonyl (C=O) groups excluding carboxylic acids is 5. The van der Waals surface area contributed by atoms with Crippen LogP contribution in [0, 0.1) is 12.8 Å². The highest BCUT2D eigenvalue weighted by Crippen LogP contribution is 2.27. The first-order valence-electron chi connectivity index (χ1n) is 13.9. The van der Waals surface area contributed by atoms with Crippen molar-refractivity contribution < 1.29 is 41.9 Å². The van der Waals surface area contributed by atoms with E-state index < -0.39 is 70.1 Å². The van der Waals surface area contributed by atoms with Gasteiger partial charge in [-0.3, -0.25) is 14.4 Å². The van der Waals surface area contributed by atoms with Crippen molar-refractivity contribution in [2.75, 3.05) is 13.7 Å². The largest absolute Gasteiger partial charge is 0.467 e. The van der Waals surface area contributed by atoms with Gasteiger partial charge >= 0.3 is 12.1 Å². The van der Waals surface area contributed by atoms with Crippen molar-refractivity contribution in [3.05, 3.63) is 65.7 Å². The van der Waals surface area contributed by atoms with Gasteiger partial charge in [0, 0.05) is 6.42 Å². The molecule has 238 valence electrons. The zero-order valence-electron chi connectivity index (χ0n) is 25.4. The quantitative estimate of drug-likeness (QED) is 0.276. The maximum Gasteiger partial charge on any atom is 0.418 e. The van der Waals surface area contributed by atoms with Crippen molar-refractivity contribution in [2.45, 2.75) is 69.7 Å². The molecule has 14 heteroatoms. The van der Waals surface area contributed by atoms with Crippen LogP contribution in [0.5, 0.6) is 0 Å². The Hall–Kier alpha value is -4.30. The number of ether oxygens (including phenoxy) is 2. The van der Waals surface area contributed by atoms with Gasteiger partial charge in [-0.1, -0.05) is 61.9 Å². The molecule has 0 aliphatic carbocycles. The number of nitrogens with zero attached hydrogens (tertiary/aromatic N) is 1. The molecule has 1 fully saturated rings. The second kappa shape index (κ2) is 14.0. The Morgan fingerprint density at radius 1 is 0.977 bits per heavy atom. The van der Waals surface area contributed by atoms with Gasteiger partial charge < -0.3 is 20.1 Å². The molecule has 0 bridgehead atoms. The number of aryl methyl sites for hydroxylation is 1. The molecule has 3 N–H and O–H groups in total. The van der Waals surface area contributed by atoms with Gasteiger partial charge in [0.25, 0.3) is 5.91 Å². The van der Waals surface area contributed by atoms with Crippen LogP contribution in [0.4, 0.5) is 4.79 Å². The molecule has 4 amide bonds. The van der Waals surface area contributed by atoms with Gasteiger partial charge in [-0.2, -0.15) is 4.72 Å². The third kappa shape index (κ3) is 7.99. The van der Waals surface area contributed by atoms with Crippen molar-refractivity contribution in [2.24, 2.45) is 5.92 Å².